The third-order valence-corrected chi connectivity index (χ3v) is 5.19. The standard InChI is InChI=1S/C18H15BrFN7/c19-12-9-22-27(11-12)15-10-23-26-8-5-16(24-18(15)26)25-7-2-4-14(25)17-13(20)3-1-6-21-17/h1,3,5-6,8-11,14H,2,4,7H2/t14-/m1/s1. The molecule has 5 rings (SSSR count). The molecule has 4 aromatic heterocycles. The summed E-state index contributed by atoms with van der Waals surface area (Å²) in [6.45, 7) is 0.806. The van der Waals surface area contributed by atoms with Crippen LogP contribution in [0, 0.1) is 5.82 Å². The van der Waals surface area contributed by atoms with E-state index in [0.717, 1.165) is 35.4 Å². The maximum atomic E-state index is 14.3. The Morgan fingerprint density at radius 1 is 1.19 bits per heavy atom. The zero-order chi connectivity index (χ0) is 18.4. The maximum Gasteiger partial charge on any atom is 0.183 e. The summed E-state index contributed by atoms with van der Waals surface area (Å²) in [5.41, 5.74) is 1.94. The second-order valence-corrected chi connectivity index (χ2v) is 7.32. The van der Waals surface area contributed by atoms with Gasteiger partial charge in [-0.05, 0) is 47.0 Å². The minimum absolute atomic E-state index is 0.119. The summed E-state index contributed by atoms with van der Waals surface area (Å²) in [7, 11) is 0. The van der Waals surface area contributed by atoms with Crippen molar-refractivity contribution < 1.29 is 4.39 Å². The van der Waals surface area contributed by atoms with E-state index in [0.29, 0.717) is 11.3 Å². The van der Waals surface area contributed by atoms with Gasteiger partial charge in [0.25, 0.3) is 0 Å². The molecule has 0 spiro atoms. The van der Waals surface area contributed by atoms with Crippen LogP contribution in [0.15, 0.2) is 53.7 Å². The molecular formula is C18H15BrFN7. The minimum Gasteiger partial charge on any atom is -0.348 e. The van der Waals surface area contributed by atoms with E-state index in [2.05, 4.69) is 36.0 Å². The van der Waals surface area contributed by atoms with E-state index in [9.17, 15) is 4.39 Å². The fourth-order valence-electron chi connectivity index (χ4n) is 3.57. The van der Waals surface area contributed by atoms with Crippen molar-refractivity contribution in [3.05, 3.63) is 65.2 Å². The summed E-state index contributed by atoms with van der Waals surface area (Å²) in [4.78, 5) is 11.2. The van der Waals surface area contributed by atoms with E-state index in [4.69, 9.17) is 4.98 Å². The Kier molecular flexibility index (Phi) is 3.89. The lowest BCUT2D eigenvalue weighted by atomic mass is 10.1. The molecule has 0 radical (unpaired) electrons. The predicted octanol–water partition coefficient (Wildman–Crippen LogP) is 3.55. The second-order valence-electron chi connectivity index (χ2n) is 6.41. The van der Waals surface area contributed by atoms with Gasteiger partial charge in [0.05, 0.1) is 28.6 Å². The number of pyridine rings is 1. The minimum atomic E-state index is -0.276. The third-order valence-electron chi connectivity index (χ3n) is 4.78. The Bertz CT molecular complexity index is 1120. The number of halogens is 2. The Morgan fingerprint density at radius 2 is 2.11 bits per heavy atom. The van der Waals surface area contributed by atoms with Gasteiger partial charge in [0.1, 0.15) is 17.3 Å². The molecule has 0 unspecified atom stereocenters. The van der Waals surface area contributed by atoms with Gasteiger partial charge in [-0.3, -0.25) is 4.98 Å². The van der Waals surface area contributed by atoms with E-state index in [-0.39, 0.29) is 11.9 Å². The lowest BCUT2D eigenvalue weighted by molar-refractivity contribution is 0.562. The Morgan fingerprint density at radius 3 is 2.93 bits per heavy atom. The predicted molar refractivity (Wildman–Crippen MR) is 101 cm³/mol. The third kappa shape index (κ3) is 2.78. The topological polar surface area (TPSA) is 64.1 Å². The van der Waals surface area contributed by atoms with Crippen molar-refractivity contribution in [3.8, 4) is 5.69 Å². The van der Waals surface area contributed by atoms with Gasteiger partial charge in [0.15, 0.2) is 5.65 Å². The first kappa shape index (κ1) is 16.4. The number of aromatic nitrogens is 6. The summed E-state index contributed by atoms with van der Waals surface area (Å²) < 4.78 is 18.6. The van der Waals surface area contributed by atoms with E-state index >= 15 is 0 Å². The van der Waals surface area contributed by atoms with Crippen LogP contribution in [0.1, 0.15) is 24.6 Å². The van der Waals surface area contributed by atoms with Crippen LogP contribution in [-0.2, 0) is 0 Å². The number of anilines is 1. The molecule has 1 saturated heterocycles. The summed E-state index contributed by atoms with van der Waals surface area (Å²) in [6, 6.07) is 4.86. The van der Waals surface area contributed by atoms with Gasteiger partial charge in [-0.1, -0.05) is 0 Å². The van der Waals surface area contributed by atoms with Gasteiger partial charge in [-0.15, -0.1) is 0 Å². The first-order valence-electron chi connectivity index (χ1n) is 8.63. The number of nitrogens with zero attached hydrogens (tertiary/aromatic N) is 7. The molecular weight excluding hydrogens is 413 g/mol. The highest BCUT2D eigenvalue weighted by molar-refractivity contribution is 9.10. The molecule has 9 heteroatoms. The molecule has 0 saturated carbocycles. The molecule has 0 aromatic carbocycles. The largest absolute Gasteiger partial charge is 0.348 e. The highest BCUT2D eigenvalue weighted by Gasteiger charge is 2.30. The lowest BCUT2D eigenvalue weighted by Gasteiger charge is -2.25. The van der Waals surface area contributed by atoms with Crippen LogP contribution in [0.25, 0.3) is 11.3 Å². The lowest BCUT2D eigenvalue weighted by Crippen LogP contribution is -2.25. The molecule has 136 valence electrons. The van der Waals surface area contributed by atoms with Crippen LogP contribution >= 0.6 is 15.9 Å². The van der Waals surface area contributed by atoms with Crippen LogP contribution in [-0.4, -0.2) is 35.9 Å². The van der Waals surface area contributed by atoms with E-state index in [1.54, 1.807) is 33.9 Å². The van der Waals surface area contributed by atoms with Gasteiger partial charge in [0.2, 0.25) is 0 Å². The molecule has 0 N–H and O–H groups in total. The summed E-state index contributed by atoms with van der Waals surface area (Å²) in [6.07, 6.45) is 10.6. The van der Waals surface area contributed by atoms with Gasteiger partial charge in [0, 0.05) is 25.1 Å². The molecule has 1 aliphatic heterocycles. The zero-order valence-electron chi connectivity index (χ0n) is 14.2. The maximum absolute atomic E-state index is 14.3. The average molecular weight is 428 g/mol. The smallest absolute Gasteiger partial charge is 0.183 e. The van der Waals surface area contributed by atoms with Crippen molar-refractivity contribution in [3.63, 3.8) is 0 Å². The molecule has 1 atom stereocenters. The van der Waals surface area contributed by atoms with E-state index in [1.807, 2.05) is 18.5 Å². The number of hydrogen-bond donors (Lipinski definition) is 0. The van der Waals surface area contributed by atoms with Crippen LogP contribution in [0.4, 0.5) is 10.2 Å². The van der Waals surface area contributed by atoms with Crippen molar-refractivity contribution in [2.45, 2.75) is 18.9 Å². The zero-order valence-corrected chi connectivity index (χ0v) is 15.8. The Labute approximate surface area is 162 Å². The van der Waals surface area contributed by atoms with Crippen molar-refractivity contribution in [1.29, 1.82) is 0 Å². The summed E-state index contributed by atoms with van der Waals surface area (Å²) in [5.74, 6) is 0.505. The first-order chi connectivity index (χ1) is 13.2. The molecule has 0 amide bonds. The SMILES string of the molecule is Fc1cccnc1[C@H]1CCCN1c1ccn2ncc(-n3cc(Br)cn3)c2n1. The number of rotatable bonds is 3. The van der Waals surface area contributed by atoms with Gasteiger partial charge in [-0.25, -0.2) is 18.6 Å². The van der Waals surface area contributed by atoms with Crippen molar-refractivity contribution in [1.82, 2.24) is 29.4 Å². The molecule has 5 heterocycles. The van der Waals surface area contributed by atoms with Crippen molar-refractivity contribution in [2.24, 2.45) is 0 Å². The first-order valence-corrected chi connectivity index (χ1v) is 9.42. The molecule has 4 aromatic rings. The highest BCUT2D eigenvalue weighted by Crippen LogP contribution is 2.35. The van der Waals surface area contributed by atoms with E-state index in [1.165, 1.54) is 6.07 Å². The quantitative estimate of drug-likeness (QED) is 0.500. The normalized spacial score (nSPS) is 17.1. The van der Waals surface area contributed by atoms with Gasteiger partial charge < -0.3 is 4.90 Å². The van der Waals surface area contributed by atoms with Crippen molar-refractivity contribution in [2.75, 3.05) is 11.4 Å². The average Bonchev–Trinajstić information content (AvgIpc) is 3.40. The van der Waals surface area contributed by atoms with E-state index < -0.39 is 0 Å². The Balaban J connectivity index is 1.57. The summed E-state index contributed by atoms with van der Waals surface area (Å²) in [5, 5.41) is 8.66. The summed E-state index contributed by atoms with van der Waals surface area (Å²) >= 11 is 3.41. The molecule has 1 aliphatic rings. The molecule has 0 aliphatic carbocycles. The second kappa shape index (κ2) is 6.41. The molecule has 27 heavy (non-hydrogen) atoms. The molecule has 7 nitrogen and oxygen atoms in total. The van der Waals surface area contributed by atoms with Gasteiger partial charge >= 0.3 is 0 Å². The molecule has 1 fully saturated rings. The number of fused-ring (bicyclic) bond motifs is 1. The van der Waals surface area contributed by atoms with Crippen LogP contribution in [0.2, 0.25) is 0 Å². The van der Waals surface area contributed by atoms with Crippen LogP contribution in [0.5, 0.6) is 0 Å². The molecule has 0 bridgehead atoms. The fourth-order valence-corrected chi connectivity index (χ4v) is 3.86. The van der Waals surface area contributed by atoms with Crippen molar-refractivity contribution >= 4 is 27.4 Å². The monoisotopic (exact) mass is 427 g/mol. The van der Waals surface area contributed by atoms with Crippen LogP contribution in [0.3, 0.4) is 0 Å². The highest BCUT2D eigenvalue weighted by atomic mass is 79.9. The van der Waals surface area contributed by atoms with Gasteiger partial charge in [-0.2, -0.15) is 10.2 Å². The van der Waals surface area contributed by atoms with Crippen LogP contribution < -0.4 is 4.90 Å². The fraction of sp³-hybridized carbons (Fsp3) is 0.222. The number of hydrogen-bond acceptors (Lipinski definition) is 5. The Hall–Kier alpha value is -2.81.